The molecule has 1 saturated carbocycles. The van der Waals surface area contributed by atoms with Gasteiger partial charge in [-0.1, -0.05) is 40.0 Å². The molecule has 4 rings (SSSR count). The van der Waals surface area contributed by atoms with E-state index in [0.717, 1.165) is 24.8 Å². The summed E-state index contributed by atoms with van der Waals surface area (Å²) in [5, 5.41) is 7.18. The Balaban J connectivity index is 1.32. The van der Waals surface area contributed by atoms with Gasteiger partial charge < -0.3 is 20.1 Å². The molecular weight excluding hydrogens is 340 g/mol. The van der Waals surface area contributed by atoms with Gasteiger partial charge in [0.2, 0.25) is 5.95 Å². The molecule has 6 nitrogen and oxygen atoms in total. The van der Waals surface area contributed by atoms with Crippen LogP contribution in [0.25, 0.3) is 0 Å². The number of anilines is 1. The maximum Gasteiger partial charge on any atom is 0.223 e. The quantitative estimate of drug-likeness (QED) is 0.826. The maximum absolute atomic E-state index is 6.11. The lowest BCUT2D eigenvalue weighted by molar-refractivity contribution is 0.0671. The highest BCUT2D eigenvalue weighted by Crippen LogP contribution is 2.30. The molecule has 3 heterocycles. The second kappa shape index (κ2) is 8.02. The summed E-state index contributed by atoms with van der Waals surface area (Å²) in [6.45, 7) is 8.95. The number of hydrogen-bond donors (Lipinski definition) is 2. The van der Waals surface area contributed by atoms with E-state index in [0.29, 0.717) is 18.6 Å². The van der Waals surface area contributed by atoms with Crippen molar-refractivity contribution >= 4 is 5.95 Å². The zero-order chi connectivity index (χ0) is 18.9. The summed E-state index contributed by atoms with van der Waals surface area (Å²) < 4.78 is 12.2. The monoisotopic (exact) mass is 374 g/mol. The largest absolute Gasteiger partial charge is 0.371 e. The van der Waals surface area contributed by atoms with Crippen LogP contribution in [0.3, 0.4) is 0 Å². The van der Waals surface area contributed by atoms with Gasteiger partial charge in [0, 0.05) is 11.6 Å². The molecule has 0 spiro atoms. The van der Waals surface area contributed by atoms with Gasteiger partial charge in [-0.05, 0) is 31.4 Å². The number of ether oxygens (including phenoxy) is 2. The minimum Gasteiger partial charge on any atom is -0.371 e. The van der Waals surface area contributed by atoms with Crippen LogP contribution in [0.5, 0.6) is 0 Å². The molecule has 0 radical (unpaired) electrons. The van der Waals surface area contributed by atoms with Gasteiger partial charge in [0.15, 0.2) is 0 Å². The Kier molecular flexibility index (Phi) is 5.67. The fraction of sp³-hybridized carbons (Fsp3) is 0.810. The zero-order valence-corrected chi connectivity index (χ0v) is 16.9. The summed E-state index contributed by atoms with van der Waals surface area (Å²) in [5.41, 5.74) is 1.04. The molecule has 3 aliphatic rings. The Morgan fingerprint density at radius 3 is 2.48 bits per heavy atom. The normalized spacial score (nSPS) is 31.8. The van der Waals surface area contributed by atoms with Crippen molar-refractivity contribution in [1.82, 2.24) is 15.3 Å². The first-order valence-corrected chi connectivity index (χ1v) is 10.6. The van der Waals surface area contributed by atoms with Crippen molar-refractivity contribution in [2.24, 2.45) is 5.92 Å². The molecule has 27 heavy (non-hydrogen) atoms. The average Bonchev–Trinajstić information content (AvgIpc) is 3.24. The SMILES string of the molecule is CC(C)(C)c1ccnc(N[C@H]2CO[C@H]3[C@@H]2OC[C@@H]3NCC2CCCCC2)n1. The summed E-state index contributed by atoms with van der Waals surface area (Å²) in [4.78, 5) is 9.09. The molecule has 2 aliphatic heterocycles. The summed E-state index contributed by atoms with van der Waals surface area (Å²) in [6, 6.07) is 2.38. The van der Waals surface area contributed by atoms with Gasteiger partial charge in [-0.2, -0.15) is 0 Å². The van der Waals surface area contributed by atoms with E-state index in [4.69, 9.17) is 9.47 Å². The van der Waals surface area contributed by atoms with E-state index < -0.39 is 0 Å². The van der Waals surface area contributed by atoms with Crippen molar-refractivity contribution in [2.45, 2.75) is 82.6 Å². The van der Waals surface area contributed by atoms with Gasteiger partial charge >= 0.3 is 0 Å². The fourth-order valence-electron chi connectivity index (χ4n) is 4.52. The average molecular weight is 375 g/mol. The summed E-state index contributed by atoms with van der Waals surface area (Å²) in [6.07, 6.45) is 8.91. The first-order chi connectivity index (χ1) is 13.0. The summed E-state index contributed by atoms with van der Waals surface area (Å²) in [5.74, 6) is 1.49. The van der Waals surface area contributed by atoms with Crippen LogP contribution in [0.2, 0.25) is 0 Å². The van der Waals surface area contributed by atoms with Crippen molar-refractivity contribution in [3.05, 3.63) is 18.0 Å². The first kappa shape index (κ1) is 19.1. The van der Waals surface area contributed by atoms with Crippen LogP contribution >= 0.6 is 0 Å². The highest BCUT2D eigenvalue weighted by Gasteiger charge is 2.47. The molecular formula is C21H34N4O2. The van der Waals surface area contributed by atoms with Crippen molar-refractivity contribution in [3.8, 4) is 0 Å². The number of nitrogens with zero attached hydrogens (tertiary/aromatic N) is 2. The molecule has 3 fully saturated rings. The van der Waals surface area contributed by atoms with E-state index in [9.17, 15) is 0 Å². The standard InChI is InChI=1S/C21H34N4O2/c1-21(2,3)17-9-10-22-20(25-17)24-16-13-27-18-15(12-26-19(16)18)23-11-14-7-5-4-6-8-14/h9-10,14-16,18-19,23H,4-8,11-13H2,1-3H3,(H,22,24,25)/t15-,16-,18+,19+/m0/s1. The smallest absolute Gasteiger partial charge is 0.223 e. The minimum absolute atomic E-state index is 0.00603. The third-order valence-electron chi connectivity index (χ3n) is 6.19. The molecule has 6 heteroatoms. The second-order valence-electron chi connectivity index (χ2n) is 9.38. The number of hydrogen-bond acceptors (Lipinski definition) is 6. The Bertz CT molecular complexity index is 627. The molecule has 0 amide bonds. The molecule has 1 aromatic rings. The maximum atomic E-state index is 6.11. The second-order valence-corrected chi connectivity index (χ2v) is 9.38. The molecule has 2 saturated heterocycles. The van der Waals surface area contributed by atoms with E-state index >= 15 is 0 Å². The van der Waals surface area contributed by atoms with Gasteiger partial charge in [-0.15, -0.1) is 0 Å². The number of nitrogens with one attached hydrogen (secondary N) is 2. The number of aromatic nitrogens is 2. The highest BCUT2D eigenvalue weighted by atomic mass is 16.6. The van der Waals surface area contributed by atoms with Gasteiger partial charge in [0.1, 0.15) is 12.2 Å². The third kappa shape index (κ3) is 4.44. The van der Waals surface area contributed by atoms with E-state index in [-0.39, 0.29) is 23.7 Å². The van der Waals surface area contributed by atoms with Crippen molar-refractivity contribution in [2.75, 3.05) is 25.1 Å². The van der Waals surface area contributed by atoms with Crippen LogP contribution in [0.1, 0.15) is 58.6 Å². The lowest BCUT2D eigenvalue weighted by atomic mass is 9.89. The highest BCUT2D eigenvalue weighted by molar-refractivity contribution is 5.30. The predicted molar refractivity (Wildman–Crippen MR) is 106 cm³/mol. The van der Waals surface area contributed by atoms with Crippen LogP contribution in [-0.4, -0.2) is 54.0 Å². The molecule has 150 valence electrons. The third-order valence-corrected chi connectivity index (χ3v) is 6.19. The van der Waals surface area contributed by atoms with Crippen LogP contribution < -0.4 is 10.6 Å². The molecule has 0 aromatic carbocycles. The Morgan fingerprint density at radius 1 is 1.04 bits per heavy atom. The Morgan fingerprint density at radius 2 is 1.74 bits per heavy atom. The summed E-state index contributed by atoms with van der Waals surface area (Å²) >= 11 is 0. The van der Waals surface area contributed by atoms with Crippen LogP contribution in [-0.2, 0) is 14.9 Å². The zero-order valence-electron chi connectivity index (χ0n) is 16.9. The van der Waals surface area contributed by atoms with E-state index in [1.165, 1.54) is 32.1 Å². The lowest BCUT2D eigenvalue weighted by Gasteiger charge is -2.25. The van der Waals surface area contributed by atoms with Crippen molar-refractivity contribution < 1.29 is 9.47 Å². The van der Waals surface area contributed by atoms with E-state index in [1.807, 2.05) is 12.3 Å². The molecule has 4 atom stereocenters. The molecule has 1 aromatic heterocycles. The summed E-state index contributed by atoms with van der Waals surface area (Å²) in [7, 11) is 0. The van der Waals surface area contributed by atoms with E-state index in [2.05, 4.69) is 41.4 Å². The molecule has 1 aliphatic carbocycles. The van der Waals surface area contributed by atoms with Crippen molar-refractivity contribution in [1.29, 1.82) is 0 Å². The topological polar surface area (TPSA) is 68.3 Å². The Labute approximate surface area is 162 Å². The lowest BCUT2D eigenvalue weighted by Crippen LogP contribution is -2.44. The van der Waals surface area contributed by atoms with Gasteiger partial charge in [0.05, 0.1) is 31.0 Å². The fourth-order valence-corrected chi connectivity index (χ4v) is 4.52. The molecule has 0 bridgehead atoms. The number of rotatable bonds is 5. The van der Waals surface area contributed by atoms with Crippen molar-refractivity contribution in [3.63, 3.8) is 0 Å². The molecule has 0 unspecified atom stereocenters. The Hall–Kier alpha value is -1.24. The van der Waals surface area contributed by atoms with Gasteiger partial charge in [-0.25, -0.2) is 9.97 Å². The van der Waals surface area contributed by atoms with E-state index in [1.54, 1.807) is 0 Å². The van der Waals surface area contributed by atoms with Gasteiger partial charge in [-0.3, -0.25) is 0 Å². The van der Waals surface area contributed by atoms with Gasteiger partial charge in [0.25, 0.3) is 0 Å². The van der Waals surface area contributed by atoms with Crippen LogP contribution in [0.15, 0.2) is 12.3 Å². The molecule has 2 N–H and O–H groups in total. The first-order valence-electron chi connectivity index (χ1n) is 10.6. The van der Waals surface area contributed by atoms with Crippen LogP contribution in [0.4, 0.5) is 5.95 Å². The minimum atomic E-state index is 0.00603. The predicted octanol–water partition coefficient (Wildman–Crippen LogP) is 2.89. The number of fused-ring (bicyclic) bond motifs is 1. The van der Waals surface area contributed by atoms with Crippen LogP contribution in [0, 0.1) is 5.92 Å².